The van der Waals surface area contributed by atoms with Crippen LogP contribution in [-0.4, -0.2) is 131 Å². The summed E-state index contributed by atoms with van der Waals surface area (Å²) >= 11 is 6.63. The zero-order valence-corrected chi connectivity index (χ0v) is 53.7. The number of aromatic nitrogens is 7. The molecule has 7 atom stereocenters. The van der Waals surface area contributed by atoms with E-state index in [0.717, 1.165) is 46.1 Å². The molecule has 2 aliphatic heterocycles. The van der Waals surface area contributed by atoms with Crippen molar-refractivity contribution < 1.29 is 58.9 Å². The molecule has 7 aromatic heterocycles. The average Bonchev–Trinajstić information content (AvgIpc) is 1.70. The standard InChI is InChI=1S/C60H54N14O13S6/c1-25-42(76)19-73-47(25)58-70-39(24-92-58)55-66-35(20-89-55)45-31(13-14-32(63-45)54-68-36(22-90-54)49(79)62-30-11-9-29(10-12-30)60(84)85)53-67-37(21-88-53)50(80)64-33(18-43(61)77)56-72-44(26(2)93-56)52(82)71-46(48(78)28-6-4-3-5-7-28)57-69-38(23-91-57)51(81)65-34(59(73)83)16-27-8-15-41(75)40(17-27)74(86)87/h3-8,13-15,17,20-25,29-30,33-34,42,46-48,75-76,78H,9-12,16,18-19H2,1-2H3,(H2,61,77)(H,62,79)(H,64,80)(H,65,81)(H,71,82)(H,84,85)/t25-,29?,30?,33-,34-,42-,46-,47-,48+/m0/s1. The number of hydrogen-bond acceptors (Lipinski definition) is 25. The number of phenolic OH excluding ortho intramolecular Hbond substituents is 1. The molecule has 33 heteroatoms. The first-order valence-corrected chi connectivity index (χ1v) is 34.1. The van der Waals surface area contributed by atoms with Gasteiger partial charge < -0.3 is 52.3 Å². The Morgan fingerprint density at radius 2 is 1.39 bits per heavy atom. The van der Waals surface area contributed by atoms with Crippen LogP contribution in [-0.2, 0) is 20.8 Å². The number of carboxylic acids is 1. The highest BCUT2D eigenvalue weighted by Gasteiger charge is 2.46. The fraction of sp³-hybridized carbons (Fsp3) is 0.300. The third-order valence-corrected chi connectivity index (χ3v) is 21.7. The summed E-state index contributed by atoms with van der Waals surface area (Å²) in [5.41, 5.74) is 7.20. The Balaban J connectivity index is 0.939. The summed E-state index contributed by atoms with van der Waals surface area (Å²) in [7, 11) is 0. The van der Waals surface area contributed by atoms with E-state index in [9.17, 15) is 59.3 Å². The number of aromatic hydroxyl groups is 1. The summed E-state index contributed by atoms with van der Waals surface area (Å²) in [4.78, 5) is 143. The Hall–Kier alpha value is -9.22. The normalized spacial score (nSPS) is 21.4. The molecule has 6 amide bonds. The number of phenols is 1. The minimum atomic E-state index is -1.49. The van der Waals surface area contributed by atoms with Crippen LogP contribution in [0.4, 0.5) is 5.69 Å². The van der Waals surface area contributed by atoms with Crippen LogP contribution in [0.15, 0.2) is 87.6 Å². The van der Waals surface area contributed by atoms with Crippen molar-refractivity contribution >= 4 is 115 Å². The number of pyridine rings is 1. The second-order valence-corrected chi connectivity index (χ2v) is 27.9. The SMILES string of the molecule is Cc1sc2nc1C(=O)N[C@@H]([C@H](O)c1ccccc1)c1nc(cs1)C(=O)N[C@@H](Cc1ccc(O)c([N+](=O)[O-])c1)C(=O)N1C[C@H](O)[C@H](C)[C@H]1c1nc(cs1)-c1nc(cs1)-c1nc(-c3nc(C(=O)NC4CCC(C(=O)O)CC4)cs3)ccc1-c1nc(cs1)C(=O)N[C@H]2CC(N)=O. The number of nitrogens with zero attached hydrogens (tertiary/aromatic N) is 9. The third kappa shape index (κ3) is 13.5. The average molecular weight is 1370 g/mol. The molecule has 2 aromatic carbocycles. The molecule has 1 saturated heterocycles. The number of amides is 6. The summed E-state index contributed by atoms with van der Waals surface area (Å²) in [6.45, 7) is 3.14. The first-order chi connectivity index (χ1) is 44.6. The Bertz CT molecular complexity index is 4400. The van der Waals surface area contributed by atoms with E-state index >= 15 is 4.79 Å². The van der Waals surface area contributed by atoms with Crippen LogP contribution in [0.25, 0.3) is 43.4 Å². The molecule has 1 aliphatic carbocycles. The lowest BCUT2D eigenvalue weighted by molar-refractivity contribution is -0.385. The summed E-state index contributed by atoms with van der Waals surface area (Å²) in [6.07, 6.45) is -1.45. The van der Waals surface area contributed by atoms with E-state index in [1.807, 2.05) is 0 Å². The van der Waals surface area contributed by atoms with Crippen LogP contribution < -0.4 is 27.0 Å². The van der Waals surface area contributed by atoms with Crippen LogP contribution in [0.3, 0.4) is 0 Å². The van der Waals surface area contributed by atoms with Crippen molar-refractivity contribution in [3.8, 4) is 49.1 Å². The van der Waals surface area contributed by atoms with Gasteiger partial charge in [-0.3, -0.25) is 43.7 Å². The number of aliphatic hydroxyl groups excluding tert-OH is 2. The van der Waals surface area contributed by atoms with Crippen LogP contribution in [0.2, 0.25) is 0 Å². The quantitative estimate of drug-likeness (QED) is 0.0445. The van der Waals surface area contributed by atoms with Gasteiger partial charge in [0.05, 0.1) is 41.1 Å². The van der Waals surface area contributed by atoms with Gasteiger partial charge in [0.25, 0.3) is 23.6 Å². The fourth-order valence-corrected chi connectivity index (χ4v) is 16.6. The zero-order chi connectivity index (χ0) is 65.5. The maximum Gasteiger partial charge on any atom is 0.310 e. The van der Waals surface area contributed by atoms with Crippen molar-refractivity contribution in [2.45, 2.75) is 94.8 Å². The highest BCUT2D eigenvalue weighted by Crippen LogP contribution is 2.43. The molecule has 12 rings (SSSR count). The number of nitro groups is 1. The number of hydrogen-bond donors (Lipinski definition) is 9. The molecule has 478 valence electrons. The molecule has 0 radical (unpaired) electrons. The molecule has 1 saturated carbocycles. The summed E-state index contributed by atoms with van der Waals surface area (Å²) in [6, 6.07) is 10.2. The van der Waals surface area contributed by atoms with E-state index in [0.29, 0.717) is 84.5 Å². The van der Waals surface area contributed by atoms with Crippen molar-refractivity contribution in [3.05, 3.63) is 151 Å². The molecule has 9 heterocycles. The number of nitrogens with two attached hydrogens (primary N) is 1. The summed E-state index contributed by atoms with van der Waals surface area (Å²) < 4.78 is 0. The van der Waals surface area contributed by atoms with Crippen molar-refractivity contribution in [2.75, 3.05) is 6.54 Å². The highest BCUT2D eigenvalue weighted by atomic mass is 32.1. The second-order valence-electron chi connectivity index (χ2n) is 22.3. The van der Waals surface area contributed by atoms with Gasteiger partial charge in [-0.1, -0.05) is 43.3 Å². The lowest BCUT2D eigenvalue weighted by atomic mass is 9.86. The molecule has 0 unspecified atom stereocenters. The van der Waals surface area contributed by atoms with Crippen molar-refractivity contribution in [1.82, 2.24) is 61.1 Å². The number of carbonyl (C=O) groups is 7. The topological polar surface area (TPSA) is 411 Å². The molecule has 10 N–H and O–H groups in total. The first-order valence-electron chi connectivity index (χ1n) is 28.8. The molecule has 93 heavy (non-hydrogen) atoms. The summed E-state index contributed by atoms with van der Waals surface area (Å²) in [5.74, 6) is -6.90. The monoisotopic (exact) mass is 1370 g/mol. The predicted molar refractivity (Wildman–Crippen MR) is 343 cm³/mol. The Morgan fingerprint density at radius 1 is 0.731 bits per heavy atom. The number of thiazole rings is 6. The maximum atomic E-state index is 15.3. The largest absolute Gasteiger partial charge is 0.502 e. The van der Waals surface area contributed by atoms with Gasteiger partial charge in [-0.2, -0.15) is 0 Å². The molecule has 3 aliphatic rings. The van der Waals surface area contributed by atoms with Crippen LogP contribution in [0.1, 0.15) is 136 Å². The van der Waals surface area contributed by atoms with Crippen molar-refractivity contribution in [1.29, 1.82) is 0 Å². The smallest absolute Gasteiger partial charge is 0.310 e. The third-order valence-electron chi connectivity index (χ3n) is 16.2. The minimum absolute atomic E-state index is 0.0496. The molecule has 27 nitrogen and oxygen atoms in total. The number of aliphatic carboxylic acids is 1. The van der Waals surface area contributed by atoms with Gasteiger partial charge in [0.1, 0.15) is 88.1 Å². The Morgan fingerprint density at radius 3 is 2.13 bits per heavy atom. The Labute approximate surface area is 551 Å². The number of primary amides is 1. The number of carbonyl (C=O) groups excluding carboxylic acids is 6. The number of nitrogens with one attached hydrogen (secondary N) is 4. The molecular formula is C60H54N14O13S6. The highest BCUT2D eigenvalue weighted by molar-refractivity contribution is 7.15. The van der Waals surface area contributed by atoms with E-state index in [2.05, 4.69) is 36.2 Å². The van der Waals surface area contributed by atoms with Gasteiger partial charge >= 0.3 is 11.7 Å². The number of benzene rings is 2. The molecule has 0 spiro atoms. The molecule has 9 aromatic rings. The van der Waals surface area contributed by atoms with E-state index in [-0.39, 0.29) is 57.4 Å². The van der Waals surface area contributed by atoms with E-state index in [1.54, 1.807) is 72.5 Å². The summed E-state index contributed by atoms with van der Waals surface area (Å²) in [5, 5.41) is 76.5. The van der Waals surface area contributed by atoms with E-state index in [1.165, 1.54) is 55.7 Å². The second kappa shape index (κ2) is 26.8. The zero-order valence-electron chi connectivity index (χ0n) is 48.8. The lowest BCUT2D eigenvalue weighted by Crippen LogP contribution is -2.50. The van der Waals surface area contributed by atoms with E-state index in [4.69, 9.17) is 25.7 Å². The molecule has 2 fully saturated rings. The van der Waals surface area contributed by atoms with Crippen molar-refractivity contribution in [2.24, 2.45) is 17.6 Å². The van der Waals surface area contributed by atoms with Gasteiger partial charge in [0, 0.05) is 68.3 Å². The number of rotatable bonds is 11. The number of carboxylic acid groups (broad SMARTS) is 1. The molecular weight excluding hydrogens is 1320 g/mol. The van der Waals surface area contributed by atoms with Gasteiger partial charge in [0.15, 0.2) is 5.75 Å². The molecule has 10 bridgehead atoms. The number of fused-ring (bicyclic) bond motifs is 16. The lowest BCUT2D eigenvalue weighted by Gasteiger charge is -2.29. The maximum absolute atomic E-state index is 15.3. The van der Waals surface area contributed by atoms with Crippen molar-refractivity contribution in [3.63, 3.8) is 0 Å². The van der Waals surface area contributed by atoms with E-state index < -0.39 is 112 Å². The van der Waals surface area contributed by atoms with Crippen LogP contribution in [0, 0.1) is 28.9 Å². The number of aliphatic hydroxyl groups is 2. The first kappa shape index (κ1) is 63.9. The van der Waals surface area contributed by atoms with Gasteiger partial charge in [-0.05, 0) is 61.9 Å². The van der Waals surface area contributed by atoms with Gasteiger partial charge in [0.2, 0.25) is 11.8 Å². The number of aryl methyl sites for hydroxylation is 1. The van der Waals surface area contributed by atoms with Crippen LogP contribution in [0.5, 0.6) is 5.75 Å². The van der Waals surface area contributed by atoms with Gasteiger partial charge in [-0.15, -0.1) is 68.0 Å². The fourth-order valence-electron chi connectivity index (χ4n) is 11.3. The number of nitro benzene ring substituents is 1. The minimum Gasteiger partial charge on any atom is -0.502 e. The predicted octanol–water partition coefficient (Wildman–Crippen LogP) is 7.57. The van der Waals surface area contributed by atoms with Gasteiger partial charge in [-0.25, -0.2) is 34.9 Å². The van der Waals surface area contributed by atoms with Crippen LogP contribution >= 0.6 is 68.0 Å². The Kier molecular flexibility index (Phi) is 18.4.